The molecule has 0 bridgehead atoms. The maximum Gasteiger partial charge on any atom is 0.238 e. The van der Waals surface area contributed by atoms with Gasteiger partial charge in [-0.15, -0.1) is 0 Å². The predicted octanol–water partition coefficient (Wildman–Crippen LogP) is 2.45. The van der Waals surface area contributed by atoms with Crippen LogP contribution in [0.5, 0.6) is 0 Å². The number of piperidine rings is 1. The zero-order valence-electron chi connectivity index (χ0n) is 15.9. The highest BCUT2D eigenvalue weighted by Gasteiger charge is 2.22. The molecule has 0 saturated carbocycles. The van der Waals surface area contributed by atoms with Crippen LogP contribution in [0.2, 0.25) is 0 Å². The van der Waals surface area contributed by atoms with Gasteiger partial charge < -0.3 is 15.5 Å². The summed E-state index contributed by atoms with van der Waals surface area (Å²) in [6.07, 6.45) is 3.34. The summed E-state index contributed by atoms with van der Waals surface area (Å²) in [6.45, 7) is 3.56. The summed E-state index contributed by atoms with van der Waals surface area (Å²) >= 11 is 0. The molecular formula is C21H26N4O2. The molecule has 1 aromatic carbocycles. The number of pyridine rings is 1. The van der Waals surface area contributed by atoms with Gasteiger partial charge in [-0.3, -0.25) is 14.6 Å². The Balaban J connectivity index is 1.53. The van der Waals surface area contributed by atoms with Crippen molar-refractivity contribution in [2.75, 3.05) is 32.0 Å². The van der Waals surface area contributed by atoms with Gasteiger partial charge in [0.05, 0.1) is 17.9 Å². The van der Waals surface area contributed by atoms with Crippen molar-refractivity contribution in [3.63, 3.8) is 0 Å². The van der Waals surface area contributed by atoms with E-state index in [0.29, 0.717) is 18.9 Å². The van der Waals surface area contributed by atoms with Gasteiger partial charge in [0.15, 0.2) is 0 Å². The molecule has 1 aliphatic heterocycles. The van der Waals surface area contributed by atoms with Crippen LogP contribution in [-0.4, -0.2) is 48.4 Å². The smallest absolute Gasteiger partial charge is 0.238 e. The fourth-order valence-corrected chi connectivity index (χ4v) is 3.21. The minimum atomic E-state index is -0.107. The maximum atomic E-state index is 12.3. The molecule has 2 amide bonds. The third-order valence-corrected chi connectivity index (χ3v) is 4.95. The van der Waals surface area contributed by atoms with Gasteiger partial charge in [0.1, 0.15) is 0 Å². The van der Waals surface area contributed by atoms with Crippen molar-refractivity contribution >= 4 is 17.5 Å². The maximum absolute atomic E-state index is 12.3. The Bertz CT molecular complexity index is 807. The number of likely N-dealkylation sites (tertiary alicyclic amines) is 1. The molecule has 1 aliphatic rings. The Kier molecular flexibility index (Phi) is 6.19. The van der Waals surface area contributed by atoms with Gasteiger partial charge >= 0.3 is 0 Å². The Hall–Kier alpha value is -2.73. The molecule has 1 atom stereocenters. The van der Waals surface area contributed by atoms with Gasteiger partial charge in [0.25, 0.3) is 0 Å². The van der Waals surface area contributed by atoms with Crippen LogP contribution < -0.4 is 10.6 Å². The van der Waals surface area contributed by atoms with Gasteiger partial charge in [0, 0.05) is 31.8 Å². The number of anilines is 1. The van der Waals surface area contributed by atoms with E-state index >= 15 is 0 Å². The summed E-state index contributed by atoms with van der Waals surface area (Å²) in [7, 11) is 1.83. The van der Waals surface area contributed by atoms with Crippen molar-refractivity contribution in [2.45, 2.75) is 19.8 Å². The summed E-state index contributed by atoms with van der Waals surface area (Å²) in [4.78, 5) is 30.2. The quantitative estimate of drug-likeness (QED) is 0.824. The second-order valence-electron chi connectivity index (χ2n) is 7.08. The highest BCUT2D eigenvalue weighted by atomic mass is 16.2. The van der Waals surface area contributed by atoms with Crippen LogP contribution in [0.1, 0.15) is 18.5 Å². The fourth-order valence-electron chi connectivity index (χ4n) is 3.21. The number of carbonyl (C=O) groups excluding carboxylic acids is 2. The average Bonchev–Trinajstić information content (AvgIpc) is 2.67. The molecule has 1 fully saturated rings. The summed E-state index contributed by atoms with van der Waals surface area (Å²) in [5, 5.41) is 6.11. The molecule has 1 unspecified atom stereocenters. The van der Waals surface area contributed by atoms with Crippen LogP contribution >= 0.6 is 0 Å². The summed E-state index contributed by atoms with van der Waals surface area (Å²) < 4.78 is 0. The lowest BCUT2D eigenvalue weighted by molar-refractivity contribution is -0.133. The molecule has 0 radical (unpaired) electrons. The van der Waals surface area contributed by atoms with Crippen molar-refractivity contribution in [2.24, 2.45) is 5.92 Å². The van der Waals surface area contributed by atoms with E-state index in [1.807, 2.05) is 56.6 Å². The second kappa shape index (κ2) is 8.77. The first-order valence-corrected chi connectivity index (χ1v) is 9.29. The molecule has 6 heteroatoms. The predicted molar refractivity (Wildman–Crippen MR) is 106 cm³/mol. The zero-order chi connectivity index (χ0) is 19.2. The van der Waals surface area contributed by atoms with E-state index in [2.05, 4.69) is 15.6 Å². The zero-order valence-corrected chi connectivity index (χ0v) is 15.9. The number of rotatable bonds is 6. The number of hydrogen-bond acceptors (Lipinski definition) is 4. The molecule has 142 valence electrons. The Morgan fingerprint density at radius 2 is 2.04 bits per heavy atom. The van der Waals surface area contributed by atoms with Crippen LogP contribution in [0.15, 0.2) is 42.6 Å². The number of hydrogen-bond donors (Lipinski definition) is 2. The summed E-state index contributed by atoms with van der Waals surface area (Å²) in [5.41, 5.74) is 3.53. The number of carbonyl (C=O) groups is 2. The molecule has 27 heavy (non-hydrogen) atoms. The fraction of sp³-hybridized carbons (Fsp3) is 0.381. The van der Waals surface area contributed by atoms with E-state index in [-0.39, 0.29) is 18.4 Å². The van der Waals surface area contributed by atoms with E-state index in [4.69, 9.17) is 0 Å². The van der Waals surface area contributed by atoms with Crippen LogP contribution in [0.3, 0.4) is 0 Å². The van der Waals surface area contributed by atoms with E-state index in [1.165, 1.54) is 0 Å². The molecule has 0 aliphatic carbocycles. The average molecular weight is 366 g/mol. The normalized spacial score (nSPS) is 17.0. The Morgan fingerprint density at radius 1 is 1.26 bits per heavy atom. The first kappa shape index (κ1) is 19.0. The molecule has 6 nitrogen and oxygen atoms in total. The lowest BCUT2D eigenvalue weighted by Gasteiger charge is -2.28. The molecule has 3 rings (SSSR count). The first-order valence-electron chi connectivity index (χ1n) is 9.29. The number of benzene rings is 1. The number of aryl methyl sites for hydroxylation is 1. The van der Waals surface area contributed by atoms with Gasteiger partial charge in [-0.2, -0.15) is 0 Å². The first-order chi connectivity index (χ1) is 13.0. The molecule has 2 N–H and O–H groups in total. The third-order valence-electron chi connectivity index (χ3n) is 4.95. The monoisotopic (exact) mass is 366 g/mol. The number of aromatic nitrogens is 1. The van der Waals surface area contributed by atoms with Gasteiger partial charge in [0.2, 0.25) is 11.8 Å². The van der Waals surface area contributed by atoms with Gasteiger partial charge in [-0.1, -0.05) is 30.3 Å². The lowest BCUT2D eigenvalue weighted by Crippen LogP contribution is -2.40. The van der Waals surface area contributed by atoms with E-state index in [0.717, 1.165) is 35.5 Å². The van der Waals surface area contributed by atoms with Crippen molar-refractivity contribution in [3.8, 4) is 11.1 Å². The van der Waals surface area contributed by atoms with Gasteiger partial charge in [-0.25, -0.2) is 0 Å². The van der Waals surface area contributed by atoms with E-state index < -0.39 is 0 Å². The minimum Gasteiger partial charge on any atom is -0.346 e. The SMILES string of the molecule is Cc1ncc(-c2ccccc2)cc1NC(=O)CNCC1CCN(C)C(=O)C1. The van der Waals surface area contributed by atoms with Crippen LogP contribution in [-0.2, 0) is 9.59 Å². The van der Waals surface area contributed by atoms with Crippen molar-refractivity contribution < 1.29 is 9.59 Å². The molecule has 2 heterocycles. The minimum absolute atomic E-state index is 0.107. The topological polar surface area (TPSA) is 74.3 Å². The van der Waals surface area contributed by atoms with E-state index in [1.54, 1.807) is 4.90 Å². The lowest BCUT2D eigenvalue weighted by atomic mass is 9.96. The van der Waals surface area contributed by atoms with E-state index in [9.17, 15) is 9.59 Å². The highest BCUT2D eigenvalue weighted by molar-refractivity contribution is 5.93. The highest BCUT2D eigenvalue weighted by Crippen LogP contribution is 2.23. The molecular weight excluding hydrogens is 340 g/mol. The summed E-state index contributed by atoms with van der Waals surface area (Å²) in [5.74, 6) is 0.368. The van der Waals surface area contributed by atoms with Crippen molar-refractivity contribution in [3.05, 3.63) is 48.3 Å². The molecule has 2 aromatic rings. The molecule has 0 spiro atoms. The van der Waals surface area contributed by atoms with Crippen molar-refractivity contribution in [1.82, 2.24) is 15.2 Å². The third kappa shape index (κ3) is 5.14. The number of nitrogens with one attached hydrogen (secondary N) is 2. The van der Waals surface area contributed by atoms with Crippen molar-refractivity contribution in [1.29, 1.82) is 0 Å². The Morgan fingerprint density at radius 3 is 2.78 bits per heavy atom. The van der Waals surface area contributed by atoms with Gasteiger partial charge in [-0.05, 0) is 37.4 Å². The number of amides is 2. The Labute approximate surface area is 160 Å². The molecule has 1 aromatic heterocycles. The van der Waals surface area contributed by atoms with Crippen LogP contribution in [0.25, 0.3) is 11.1 Å². The number of nitrogens with zero attached hydrogens (tertiary/aromatic N) is 2. The summed E-state index contributed by atoms with van der Waals surface area (Å²) in [6, 6.07) is 11.9. The second-order valence-corrected chi connectivity index (χ2v) is 7.08. The van der Waals surface area contributed by atoms with Crippen LogP contribution in [0.4, 0.5) is 5.69 Å². The molecule has 1 saturated heterocycles. The van der Waals surface area contributed by atoms with Crippen LogP contribution in [0, 0.1) is 12.8 Å². The largest absolute Gasteiger partial charge is 0.346 e. The standard InChI is InChI=1S/C21H26N4O2/c1-15-19(11-18(13-23-15)17-6-4-3-5-7-17)24-20(26)14-22-12-16-8-9-25(2)21(27)10-16/h3-7,11,13,16,22H,8-10,12,14H2,1-2H3,(H,24,26).